The highest BCUT2D eigenvalue weighted by molar-refractivity contribution is 5.76. The molecule has 1 aliphatic heterocycles. The molecule has 3 heteroatoms. The molecule has 0 bridgehead atoms. The number of hydrogen-bond donors (Lipinski definition) is 2. The van der Waals surface area contributed by atoms with Gasteiger partial charge in [-0.25, -0.2) is 0 Å². The van der Waals surface area contributed by atoms with Crippen molar-refractivity contribution in [3.05, 3.63) is 0 Å². The second-order valence-electron chi connectivity index (χ2n) is 5.13. The molecule has 1 saturated heterocycles. The molecule has 0 aromatic carbocycles. The lowest BCUT2D eigenvalue weighted by molar-refractivity contribution is -0.123. The molecule has 1 atom stereocenters. The number of nitrogens with one attached hydrogen (secondary N) is 2. The standard InChI is InChI=1S/C12H22N2O/c1-9(11-4-2-3-5-11)14-12(15)6-10-7-13-8-10/h9-11,13H,2-8H2,1H3,(H,14,15)/t9-/m0/s1. The Hall–Kier alpha value is -0.570. The molecule has 0 aromatic heterocycles. The average molecular weight is 210 g/mol. The molecule has 0 aromatic rings. The van der Waals surface area contributed by atoms with Crippen molar-refractivity contribution in [1.29, 1.82) is 0 Å². The van der Waals surface area contributed by atoms with Gasteiger partial charge in [0.15, 0.2) is 0 Å². The maximum atomic E-state index is 11.7. The van der Waals surface area contributed by atoms with Crippen LogP contribution in [0.25, 0.3) is 0 Å². The monoisotopic (exact) mass is 210 g/mol. The first-order valence-electron chi connectivity index (χ1n) is 6.26. The third-order valence-electron chi connectivity index (χ3n) is 3.84. The van der Waals surface area contributed by atoms with Gasteiger partial charge in [-0.05, 0) is 44.7 Å². The Morgan fingerprint density at radius 2 is 2.07 bits per heavy atom. The maximum absolute atomic E-state index is 11.7. The van der Waals surface area contributed by atoms with Crippen LogP contribution in [0.2, 0.25) is 0 Å². The number of amides is 1. The molecule has 3 nitrogen and oxygen atoms in total. The van der Waals surface area contributed by atoms with Crippen LogP contribution in [-0.4, -0.2) is 25.0 Å². The molecule has 15 heavy (non-hydrogen) atoms. The highest BCUT2D eigenvalue weighted by Gasteiger charge is 2.25. The Morgan fingerprint density at radius 3 is 2.60 bits per heavy atom. The molecule has 1 heterocycles. The molecular formula is C12H22N2O. The number of hydrogen-bond acceptors (Lipinski definition) is 2. The number of carbonyl (C=O) groups excluding carboxylic acids is 1. The lowest BCUT2D eigenvalue weighted by Crippen LogP contribution is -2.46. The van der Waals surface area contributed by atoms with Crippen LogP contribution in [0.1, 0.15) is 39.0 Å². The number of rotatable bonds is 4. The lowest BCUT2D eigenvalue weighted by Gasteiger charge is -2.28. The molecule has 2 N–H and O–H groups in total. The van der Waals surface area contributed by atoms with Crippen molar-refractivity contribution in [1.82, 2.24) is 10.6 Å². The lowest BCUT2D eigenvalue weighted by atomic mass is 9.97. The van der Waals surface area contributed by atoms with Gasteiger partial charge in [0.05, 0.1) is 0 Å². The van der Waals surface area contributed by atoms with E-state index in [1.807, 2.05) is 0 Å². The summed E-state index contributed by atoms with van der Waals surface area (Å²) in [6, 6.07) is 0.382. The summed E-state index contributed by atoms with van der Waals surface area (Å²) in [5, 5.41) is 6.35. The van der Waals surface area contributed by atoms with Crippen LogP contribution in [0.15, 0.2) is 0 Å². The predicted molar refractivity (Wildman–Crippen MR) is 60.5 cm³/mol. The van der Waals surface area contributed by atoms with Gasteiger partial charge >= 0.3 is 0 Å². The first kappa shape index (κ1) is 10.9. The predicted octanol–water partition coefficient (Wildman–Crippen LogP) is 1.29. The van der Waals surface area contributed by atoms with Gasteiger partial charge in [-0.1, -0.05) is 12.8 Å². The van der Waals surface area contributed by atoms with Crippen LogP contribution >= 0.6 is 0 Å². The minimum absolute atomic E-state index is 0.251. The minimum atomic E-state index is 0.251. The van der Waals surface area contributed by atoms with Crippen molar-refractivity contribution >= 4 is 5.91 Å². The highest BCUT2D eigenvalue weighted by atomic mass is 16.1. The quantitative estimate of drug-likeness (QED) is 0.734. The second-order valence-corrected chi connectivity index (χ2v) is 5.13. The normalized spacial score (nSPS) is 24.9. The van der Waals surface area contributed by atoms with E-state index < -0.39 is 0 Å². The fourth-order valence-electron chi connectivity index (χ4n) is 2.64. The Kier molecular flexibility index (Phi) is 3.62. The zero-order chi connectivity index (χ0) is 10.7. The van der Waals surface area contributed by atoms with E-state index in [2.05, 4.69) is 17.6 Å². The van der Waals surface area contributed by atoms with E-state index in [-0.39, 0.29) is 5.91 Å². The molecule has 1 aliphatic carbocycles. The fraction of sp³-hybridized carbons (Fsp3) is 0.917. The van der Waals surface area contributed by atoms with Crippen LogP contribution in [0.5, 0.6) is 0 Å². The molecule has 0 radical (unpaired) electrons. The van der Waals surface area contributed by atoms with Crippen LogP contribution in [0.4, 0.5) is 0 Å². The largest absolute Gasteiger partial charge is 0.353 e. The van der Waals surface area contributed by atoms with Gasteiger partial charge < -0.3 is 10.6 Å². The van der Waals surface area contributed by atoms with Gasteiger partial charge in [0.2, 0.25) is 5.91 Å². The van der Waals surface area contributed by atoms with E-state index in [4.69, 9.17) is 0 Å². The molecule has 1 saturated carbocycles. The summed E-state index contributed by atoms with van der Waals surface area (Å²) in [6.45, 7) is 4.20. The Morgan fingerprint density at radius 1 is 1.40 bits per heavy atom. The highest BCUT2D eigenvalue weighted by Crippen LogP contribution is 2.27. The van der Waals surface area contributed by atoms with E-state index in [1.54, 1.807) is 0 Å². The summed E-state index contributed by atoms with van der Waals surface area (Å²) < 4.78 is 0. The molecule has 1 amide bonds. The zero-order valence-corrected chi connectivity index (χ0v) is 9.59. The van der Waals surface area contributed by atoms with E-state index in [9.17, 15) is 4.79 Å². The van der Waals surface area contributed by atoms with Gasteiger partial charge in [-0.15, -0.1) is 0 Å². The topological polar surface area (TPSA) is 41.1 Å². The Balaban J connectivity index is 1.67. The molecule has 2 fully saturated rings. The molecule has 0 unspecified atom stereocenters. The average Bonchev–Trinajstić information content (AvgIpc) is 2.64. The minimum Gasteiger partial charge on any atom is -0.353 e. The summed E-state index contributed by atoms with van der Waals surface area (Å²) in [6.07, 6.45) is 6.00. The summed E-state index contributed by atoms with van der Waals surface area (Å²) in [5.41, 5.74) is 0. The van der Waals surface area contributed by atoms with Crippen molar-refractivity contribution in [3.63, 3.8) is 0 Å². The number of carbonyl (C=O) groups is 1. The van der Waals surface area contributed by atoms with Crippen molar-refractivity contribution < 1.29 is 4.79 Å². The SMILES string of the molecule is C[C@H](NC(=O)CC1CNC1)C1CCCC1. The van der Waals surface area contributed by atoms with Crippen molar-refractivity contribution in [2.75, 3.05) is 13.1 Å². The molecule has 2 aliphatic rings. The van der Waals surface area contributed by atoms with Crippen molar-refractivity contribution in [2.45, 2.75) is 45.1 Å². The van der Waals surface area contributed by atoms with Crippen LogP contribution in [0.3, 0.4) is 0 Å². The molecule has 0 spiro atoms. The Labute approximate surface area is 92.0 Å². The van der Waals surface area contributed by atoms with Crippen LogP contribution in [-0.2, 0) is 4.79 Å². The zero-order valence-electron chi connectivity index (χ0n) is 9.59. The van der Waals surface area contributed by atoms with Gasteiger partial charge in [-0.3, -0.25) is 4.79 Å². The van der Waals surface area contributed by atoms with Crippen LogP contribution in [0, 0.1) is 11.8 Å². The second kappa shape index (κ2) is 4.97. The third kappa shape index (κ3) is 2.94. The van der Waals surface area contributed by atoms with Crippen molar-refractivity contribution in [3.8, 4) is 0 Å². The fourth-order valence-corrected chi connectivity index (χ4v) is 2.64. The first-order chi connectivity index (χ1) is 7.25. The third-order valence-corrected chi connectivity index (χ3v) is 3.84. The Bertz CT molecular complexity index is 220. The smallest absolute Gasteiger partial charge is 0.220 e. The summed E-state index contributed by atoms with van der Waals surface area (Å²) >= 11 is 0. The van der Waals surface area contributed by atoms with Crippen LogP contribution < -0.4 is 10.6 Å². The van der Waals surface area contributed by atoms with E-state index in [1.165, 1.54) is 25.7 Å². The van der Waals surface area contributed by atoms with E-state index in [0.29, 0.717) is 18.4 Å². The summed E-state index contributed by atoms with van der Waals surface area (Å²) in [5.74, 6) is 1.56. The first-order valence-corrected chi connectivity index (χ1v) is 6.26. The van der Waals surface area contributed by atoms with E-state index in [0.717, 1.165) is 19.0 Å². The maximum Gasteiger partial charge on any atom is 0.220 e. The molecule has 2 rings (SSSR count). The molecular weight excluding hydrogens is 188 g/mol. The van der Waals surface area contributed by atoms with E-state index >= 15 is 0 Å². The van der Waals surface area contributed by atoms with Gasteiger partial charge in [0.1, 0.15) is 0 Å². The summed E-state index contributed by atoms with van der Waals surface area (Å²) in [4.78, 5) is 11.7. The molecule has 86 valence electrons. The van der Waals surface area contributed by atoms with Gasteiger partial charge in [-0.2, -0.15) is 0 Å². The van der Waals surface area contributed by atoms with Crippen molar-refractivity contribution in [2.24, 2.45) is 11.8 Å². The summed E-state index contributed by atoms with van der Waals surface area (Å²) in [7, 11) is 0. The van der Waals surface area contributed by atoms with Gasteiger partial charge in [0, 0.05) is 12.5 Å². The van der Waals surface area contributed by atoms with Gasteiger partial charge in [0.25, 0.3) is 0 Å².